The van der Waals surface area contributed by atoms with Crippen LogP contribution in [0.2, 0.25) is 0 Å². The normalized spacial score (nSPS) is 28.0. The Morgan fingerprint density at radius 2 is 2.06 bits per heavy atom. The molecule has 0 spiro atoms. The Morgan fingerprint density at radius 3 is 2.61 bits per heavy atom. The maximum Gasteiger partial charge on any atom is 0.211 e. The number of sulfonamides is 1. The van der Waals surface area contributed by atoms with Crippen molar-refractivity contribution in [1.29, 1.82) is 0 Å². The molecule has 2 rings (SSSR count). The molecule has 1 saturated heterocycles. The summed E-state index contributed by atoms with van der Waals surface area (Å²) in [5.74, 6) is 0.110. The van der Waals surface area contributed by atoms with Gasteiger partial charge in [-0.1, -0.05) is 0 Å². The maximum absolute atomic E-state index is 11.8. The lowest BCUT2D eigenvalue weighted by atomic mass is 9.92. The van der Waals surface area contributed by atoms with Crippen molar-refractivity contribution in [3.8, 4) is 0 Å². The molecule has 0 aromatic carbocycles. The van der Waals surface area contributed by atoms with Crippen LogP contribution in [0.25, 0.3) is 0 Å². The SMILES string of the molecule is CS(=O)(=O)N1CCCC(CC(=O)C(O)C2CC2)C1. The number of rotatable bonds is 5. The van der Waals surface area contributed by atoms with Crippen molar-refractivity contribution in [2.75, 3.05) is 19.3 Å². The molecule has 0 radical (unpaired) electrons. The van der Waals surface area contributed by atoms with Crippen LogP contribution in [-0.2, 0) is 14.8 Å². The van der Waals surface area contributed by atoms with Gasteiger partial charge in [0.1, 0.15) is 6.10 Å². The van der Waals surface area contributed by atoms with Crippen molar-refractivity contribution < 1.29 is 18.3 Å². The lowest BCUT2D eigenvalue weighted by Crippen LogP contribution is -2.40. The molecule has 0 aromatic rings. The van der Waals surface area contributed by atoms with Crippen LogP contribution >= 0.6 is 0 Å². The molecule has 1 heterocycles. The highest BCUT2D eigenvalue weighted by Gasteiger charge is 2.36. The zero-order chi connectivity index (χ0) is 13.3. The summed E-state index contributed by atoms with van der Waals surface area (Å²) in [7, 11) is -3.16. The Labute approximate surface area is 108 Å². The second kappa shape index (κ2) is 5.27. The topological polar surface area (TPSA) is 74.7 Å². The summed E-state index contributed by atoms with van der Waals surface area (Å²) in [5.41, 5.74) is 0. The lowest BCUT2D eigenvalue weighted by molar-refractivity contribution is -0.129. The second-order valence-electron chi connectivity index (χ2n) is 5.58. The average Bonchev–Trinajstić information content (AvgIpc) is 3.11. The van der Waals surface area contributed by atoms with Gasteiger partial charge in [-0.3, -0.25) is 4.79 Å². The first kappa shape index (κ1) is 14.0. The van der Waals surface area contributed by atoms with E-state index in [0.717, 1.165) is 25.7 Å². The lowest BCUT2D eigenvalue weighted by Gasteiger charge is -2.30. The molecule has 1 saturated carbocycles. The second-order valence-corrected chi connectivity index (χ2v) is 7.56. The van der Waals surface area contributed by atoms with Gasteiger partial charge in [0.05, 0.1) is 6.26 Å². The predicted molar refractivity (Wildman–Crippen MR) is 67.5 cm³/mol. The molecule has 1 aliphatic carbocycles. The first-order valence-electron chi connectivity index (χ1n) is 6.54. The number of aliphatic hydroxyl groups is 1. The van der Waals surface area contributed by atoms with E-state index in [2.05, 4.69) is 0 Å². The molecular formula is C12H21NO4S. The van der Waals surface area contributed by atoms with Gasteiger partial charge in [-0.25, -0.2) is 12.7 Å². The van der Waals surface area contributed by atoms with Crippen molar-refractivity contribution in [1.82, 2.24) is 4.31 Å². The third-order valence-electron chi connectivity index (χ3n) is 3.84. The van der Waals surface area contributed by atoms with E-state index in [-0.39, 0.29) is 17.6 Å². The number of carbonyl (C=O) groups excluding carboxylic acids is 1. The van der Waals surface area contributed by atoms with Crippen molar-refractivity contribution in [2.24, 2.45) is 11.8 Å². The number of piperidine rings is 1. The van der Waals surface area contributed by atoms with Crippen molar-refractivity contribution in [3.05, 3.63) is 0 Å². The van der Waals surface area contributed by atoms with Gasteiger partial charge in [-0.15, -0.1) is 0 Å². The first-order chi connectivity index (χ1) is 8.38. The van der Waals surface area contributed by atoms with Gasteiger partial charge in [-0.05, 0) is 37.5 Å². The number of ketones is 1. The Morgan fingerprint density at radius 1 is 1.39 bits per heavy atom. The minimum absolute atomic E-state index is 0.0642. The van der Waals surface area contributed by atoms with Crippen LogP contribution in [0.5, 0.6) is 0 Å². The molecular weight excluding hydrogens is 254 g/mol. The summed E-state index contributed by atoms with van der Waals surface area (Å²) < 4.78 is 24.4. The predicted octanol–water partition coefficient (Wildman–Crippen LogP) is 0.388. The monoisotopic (exact) mass is 275 g/mol. The molecule has 1 N–H and O–H groups in total. The number of Topliss-reactive ketones (excluding diaryl/α,β-unsaturated/α-hetero) is 1. The quantitative estimate of drug-likeness (QED) is 0.787. The van der Waals surface area contributed by atoms with E-state index in [0.29, 0.717) is 19.5 Å². The van der Waals surface area contributed by atoms with Crippen molar-refractivity contribution in [3.63, 3.8) is 0 Å². The minimum atomic E-state index is -3.16. The number of hydrogen-bond donors (Lipinski definition) is 1. The molecule has 2 aliphatic rings. The van der Waals surface area contributed by atoms with Crippen LogP contribution in [0, 0.1) is 11.8 Å². The summed E-state index contributed by atoms with van der Waals surface area (Å²) >= 11 is 0. The van der Waals surface area contributed by atoms with Crippen molar-refractivity contribution in [2.45, 2.75) is 38.2 Å². The van der Waals surface area contributed by atoms with Gasteiger partial charge in [-0.2, -0.15) is 0 Å². The smallest absolute Gasteiger partial charge is 0.211 e. The van der Waals surface area contributed by atoms with Crippen LogP contribution in [-0.4, -0.2) is 49.1 Å². The van der Waals surface area contributed by atoms with Gasteiger partial charge < -0.3 is 5.11 Å². The molecule has 2 atom stereocenters. The third kappa shape index (κ3) is 3.52. The number of aliphatic hydroxyl groups excluding tert-OH is 1. The minimum Gasteiger partial charge on any atom is -0.385 e. The highest BCUT2D eigenvalue weighted by molar-refractivity contribution is 7.88. The van der Waals surface area contributed by atoms with E-state index in [1.54, 1.807) is 0 Å². The van der Waals surface area contributed by atoms with Gasteiger partial charge in [0, 0.05) is 19.5 Å². The van der Waals surface area contributed by atoms with Crippen molar-refractivity contribution >= 4 is 15.8 Å². The molecule has 104 valence electrons. The summed E-state index contributed by atoms with van der Waals surface area (Å²) in [5, 5.41) is 9.73. The van der Waals surface area contributed by atoms with E-state index < -0.39 is 16.1 Å². The Kier molecular flexibility index (Phi) is 4.08. The zero-order valence-electron chi connectivity index (χ0n) is 10.7. The molecule has 0 aromatic heterocycles. The Balaban J connectivity index is 1.87. The van der Waals surface area contributed by atoms with Crippen LogP contribution in [0.3, 0.4) is 0 Å². The van der Waals surface area contributed by atoms with Crippen LogP contribution in [0.4, 0.5) is 0 Å². The van der Waals surface area contributed by atoms with E-state index in [1.807, 2.05) is 0 Å². The first-order valence-corrected chi connectivity index (χ1v) is 8.38. The van der Waals surface area contributed by atoms with Gasteiger partial charge >= 0.3 is 0 Å². The molecule has 18 heavy (non-hydrogen) atoms. The third-order valence-corrected chi connectivity index (χ3v) is 5.11. The molecule has 6 heteroatoms. The largest absolute Gasteiger partial charge is 0.385 e. The number of hydrogen-bond acceptors (Lipinski definition) is 4. The van der Waals surface area contributed by atoms with E-state index in [4.69, 9.17) is 0 Å². The van der Waals surface area contributed by atoms with Gasteiger partial charge in [0.15, 0.2) is 5.78 Å². The van der Waals surface area contributed by atoms with Gasteiger partial charge in [0.2, 0.25) is 10.0 Å². The van der Waals surface area contributed by atoms with E-state index in [9.17, 15) is 18.3 Å². The molecule has 0 amide bonds. The summed E-state index contributed by atoms with van der Waals surface area (Å²) in [4.78, 5) is 11.8. The highest BCUT2D eigenvalue weighted by atomic mass is 32.2. The summed E-state index contributed by atoms with van der Waals surface area (Å²) in [6.07, 6.45) is 4.23. The van der Waals surface area contributed by atoms with Crippen LogP contribution in [0.15, 0.2) is 0 Å². The van der Waals surface area contributed by atoms with Crippen LogP contribution < -0.4 is 0 Å². The van der Waals surface area contributed by atoms with Crippen LogP contribution in [0.1, 0.15) is 32.1 Å². The Hall–Kier alpha value is -0.460. The molecule has 2 unspecified atom stereocenters. The summed E-state index contributed by atoms with van der Waals surface area (Å²) in [6, 6.07) is 0. The highest BCUT2D eigenvalue weighted by Crippen LogP contribution is 2.34. The zero-order valence-corrected chi connectivity index (χ0v) is 11.5. The average molecular weight is 275 g/mol. The fraction of sp³-hybridized carbons (Fsp3) is 0.917. The standard InChI is InChI=1S/C12H21NO4S/c1-18(16,17)13-6-2-3-9(8-13)7-11(14)12(15)10-4-5-10/h9-10,12,15H,2-8H2,1H3. The fourth-order valence-electron chi connectivity index (χ4n) is 2.57. The summed E-state index contributed by atoms with van der Waals surface area (Å²) in [6.45, 7) is 0.969. The molecule has 1 aliphatic heterocycles. The fourth-order valence-corrected chi connectivity index (χ4v) is 3.52. The number of nitrogens with zero attached hydrogens (tertiary/aromatic N) is 1. The van der Waals surface area contributed by atoms with E-state index in [1.165, 1.54) is 10.6 Å². The molecule has 2 fully saturated rings. The molecule has 0 bridgehead atoms. The molecule has 5 nitrogen and oxygen atoms in total. The maximum atomic E-state index is 11.8. The Bertz CT molecular complexity index is 416. The van der Waals surface area contributed by atoms with E-state index >= 15 is 0 Å². The number of carbonyl (C=O) groups is 1. The van der Waals surface area contributed by atoms with Gasteiger partial charge in [0.25, 0.3) is 0 Å².